The minimum Gasteiger partial charge on any atom is -0.475 e. The van der Waals surface area contributed by atoms with E-state index < -0.39 is 0 Å². The molecule has 0 spiro atoms. The molecule has 0 unspecified atom stereocenters. The van der Waals surface area contributed by atoms with Crippen LogP contribution in [0.4, 0.5) is 5.95 Å². The molecule has 2 aromatic heterocycles. The lowest BCUT2D eigenvalue weighted by atomic mass is 9.91. The molecule has 26 heavy (non-hydrogen) atoms. The Kier molecular flexibility index (Phi) is 4.46. The smallest absolute Gasteiger partial charge is 0.259 e. The van der Waals surface area contributed by atoms with Gasteiger partial charge in [-0.25, -0.2) is 4.98 Å². The largest absolute Gasteiger partial charge is 0.475 e. The molecule has 2 aliphatic rings. The average molecular weight is 357 g/mol. The van der Waals surface area contributed by atoms with Crippen LogP contribution in [0, 0.1) is 0 Å². The van der Waals surface area contributed by atoms with E-state index >= 15 is 0 Å². The van der Waals surface area contributed by atoms with E-state index in [0.717, 1.165) is 31.2 Å². The molecule has 1 saturated carbocycles. The minimum absolute atomic E-state index is 0.0669. The summed E-state index contributed by atoms with van der Waals surface area (Å²) in [7, 11) is 1.82. The summed E-state index contributed by atoms with van der Waals surface area (Å²) in [6.07, 6.45) is 7.73. The van der Waals surface area contributed by atoms with Crippen LogP contribution in [0.25, 0.3) is 11.3 Å². The number of hydrogen-bond donors (Lipinski definition) is 3. The molecule has 138 valence electrons. The summed E-state index contributed by atoms with van der Waals surface area (Å²) in [6.45, 7) is 0.794. The molecule has 0 bridgehead atoms. The standard InChI is InChI=1S/C17H23N7O2/c1-24-9-10(8-20-24)14-13-15(25)19-6-7-26-16(13)23-17(22-14)21-12-5-3-2-4-11(12)18/h8-9,11-12H,2-7,18H2,1H3,(H,19,25)(H,21,22,23)/t11-,12+/m0/s1. The SMILES string of the molecule is Cn1cc(-c2nc(N[C@@H]3CCCC[C@@H]3N)nc3c2C(=O)NCCO3)cn1. The second-order valence-electron chi connectivity index (χ2n) is 6.78. The first-order valence-corrected chi connectivity index (χ1v) is 8.96. The van der Waals surface area contributed by atoms with Gasteiger partial charge in [-0.15, -0.1) is 0 Å². The second-order valence-corrected chi connectivity index (χ2v) is 6.78. The number of carbonyl (C=O) groups is 1. The maximum atomic E-state index is 12.5. The van der Waals surface area contributed by atoms with Crippen molar-refractivity contribution in [3.05, 3.63) is 18.0 Å². The molecule has 3 heterocycles. The fourth-order valence-corrected chi connectivity index (χ4v) is 3.47. The zero-order chi connectivity index (χ0) is 18.1. The zero-order valence-corrected chi connectivity index (χ0v) is 14.7. The Morgan fingerprint density at radius 3 is 2.96 bits per heavy atom. The highest BCUT2D eigenvalue weighted by molar-refractivity contribution is 6.02. The molecule has 0 saturated heterocycles. The number of fused-ring (bicyclic) bond motifs is 1. The molecular weight excluding hydrogens is 334 g/mol. The van der Waals surface area contributed by atoms with Crippen molar-refractivity contribution in [1.29, 1.82) is 0 Å². The summed E-state index contributed by atoms with van der Waals surface area (Å²) < 4.78 is 7.38. The molecule has 9 heteroatoms. The van der Waals surface area contributed by atoms with Gasteiger partial charge in [0.25, 0.3) is 5.91 Å². The van der Waals surface area contributed by atoms with E-state index in [1.807, 2.05) is 13.2 Å². The van der Waals surface area contributed by atoms with Gasteiger partial charge in [0.1, 0.15) is 12.2 Å². The van der Waals surface area contributed by atoms with Gasteiger partial charge in [-0.05, 0) is 12.8 Å². The Morgan fingerprint density at radius 2 is 2.19 bits per heavy atom. The number of aryl methyl sites for hydroxylation is 1. The normalized spacial score (nSPS) is 22.8. The number of anilines is 1. The van der Waals surface area contributed by atoms with Crippen molar-refractivity contribution in [2.75, 3.05) is 18.5 Å². The topological polar surface area (TPSA) is 120 Å². The van der Waals surface area contributed by atoms with Crippen molar-refractivity contribution in [3.8, 4) is 17.1 Å². The molecule has 1 aliphatic carbocycles. The number of rotatable bonds is 3. The zero-order valence-electron chi connectivity index (χ0n) is 14.7. The summed E-state index contributed by atoms with van der Waals surface area (Å²) in [5.41, 5.74) is 7.83. The Balaban J connectivity index is 1.76. The van der Waals surface area contributed by atoms with Crippen molar-refractivity contribution in [2.45, 2.75) is 37.8 Å². The number of carbonyl (C=O) groups excluding carboxylic acids is 1. The van der Waals surface area contributed by atoms with Crippen LogP contribution in [-0.4, -0.2) is 50.9 Å². The van der Waals surface area contributed by atoms with Crippen molar-refractivity contribution in [3.63, 3.8) is 0 Å². The maximum Gasteiger partial charge on any atom is 0.259 e. The Bertz CT molecular complexity index is 819. The first kappa shape index (κ1) is 16.8. The third-order valence-electron chi connectivity index (χ3n) is 4.84. The van der Waals surface area contributed by atoms with E-state index in [4.69, 9.17) is 10.5 Å². The van der Waals surface area contributed by atoms with Crippen LogP contribution in [0.3, 0.4) is 0 Å². The van der Waals surface area contributed by atoms with E-state index in [9.17, 15) is 4.79 Å². The number of nitrogens with two attached hydrogens (primary N) is 1. The maximum absolute atomic E-state index is 12.5. The van der Waals surface area contributed by atoms with Gasteiger partial charge in [-0.1, -0.05) is 12.8 Å². The quantitative estimate of drug-likeness (QED) is 0.739. The monoisotopic (exact) mass is 357 g/mol. The van der Waals surface area contributed by atoms with E-state index in [-0.39, 0.29) is 18.0 Å². The summed E-state index contributed by atoms with van der Waals surface area (Å²) in [4.78, 5) is 21.6. The van der Waals surface area contributed by atoms with Gasteiger partial charge in [0.2, 0.25) is 11.8 Å². The van der Waals surface area contributed by atoms with Crippen LogP contribution in [0.1, 0.15) is 36.0 Å². The van der Waals surface area contributed by atoms with Crippen molar-refractivity contribution < 1.29 is 9.53 Å². The van der Waals surface area contributed by atoms with Gasteiger partial charge in [0.15, 0.2) is 0 Å². The summed E-state index contributed by atoms with van der Waals surface area (Å²) in [5.74, 6) is 0.484. The van der Waals surface area contributed by atoms with Crippen LogP contribution < -0.4 is 21.1 Å². The number of ether oxygens (including phenoxy) is 1. The lowest BCUT2D eigenvalue weighted by Gasteiger charge is -2.29. The molecule has 1 aliphatic heterocycles. The highest BCUT2D eigenvalue weighted by atomic mass is 16.5. The number of nitrogens with one attached hydrogen (secondary N) is 2. The van der Waals surface area contributed by atoms with Crippen molar-refractivity contribution >= 4 is 11.9 Å². The molecule has 0 radical (unpaired) electrons. The van der Waals surface area contributed by atoms with E-state index in [1.54, 1.807) is 10.9 Å². The van der Waals surface area contributed by atoms with Gasteiger partial charge in [-0.3, -0.25) is 9.48 Å². The van der Waals surface area contributed by atoms with Gasteiger partial charge in [0.05, 0.1) is 18.4 Å². The highest BCUT2D eigenvalue weighted by Crippen LogP contribution is 2.31. The second kappa shape index (κ2) is 6.91. The lowest BCUT2D eigenvalue weighted by molar-refractivity contribution is 0.0957. The van der Waals surface area contributed by atoms with Crippen LogP contribution in [0.5, 0.6) is 5.88 Å². The van der Waals surface area contributed by atoms with Crippen LogP contribution in [-0.2, 0) is 7.05 Å². The fraction of sp³-hybridized carbons (Fsp3) is 0.529. The van der Waals surface area contributed by atoms with Gasteiger partial charge >= 0.3 is 0 Å². The Morgan fingerprint density at radius 1 is 1.35 bits per heavy atom. The first-order chi connectivity index (χ1) is 12.6. The van der Waals surface area contributed by atoms with E-state index in [2.05, 4.69) is 25.7 Å². The predicted octanol–water partition coefficient (Wildman–Crippen LogP) is 0.681. The molecule has 4 rings (SSSR count). The van der Waals surface area contributed by atoms with Gasteiger partial charge < -0.3 is 21.1 Å². The van der Waals surface area contributed by atoms with E-state index in [0.29, 0.717) is 36.2 Å². The number of nitrogens with zero attached hydrogens (tertiary/aromatic N) is 4. The van der Waals surface area contributed by atoms with Crippen molar-refractivity contribution in [1.82, 2.24) is 25.1 Å². The molecular formula is C17H23N7O2. The van der Waals surface area contributed by atoms with Crippen molar-refractivity contribution in [2.24, 2.45) is 12.8 Å². The van der Waals surface area contributed by atoms with Crippen LogP contribution in [0.15, 0.2) is 12.4 Å². The number of hydrogen-bond acceptors (Lipinski definition) is 7. The van der Waals surface area contributed by atoms with E-state index in [1.165, 1.54) is 0 Å². The van der Waals surface area contributed by atoms with Gasteiger partial charge in [0, 0.05) is 30.9 Å². The third kappa shape index (κ3) is 3.22. The molecule has 2 aromatic rings. The number of aromatic nitrogens is 4. The number of amides is 1. The molecule has 1 amide bonds. The molecule has 1 fully saturated rings. The first-order valence-electron chi connectivity index (χ1n) is 8.96. The fourth-order valence-electron chi connectivity index (χ4n) is 3.47. The third-order valence-corrected chi connectivity index (χ3v) is 4.84. The minimum atomic E-state index is -0.239. The summed E-state index contributed by atoms with van der Waals surface area (Å²) >= 11 is 0. The molecule has 4 N–H and O–H groups in total. The highest BCUT2D eigenvalue weighted by Gasteiger charge is 2.28. The Hall–Kier alpha value is -2.68. The molecule has 0 aromatic carbocycles. The Labute approximate surface area is 151 Å². The predicted molar refractivity (Wildman–Crippen MR) is 95.9 cm³/mol. The lowest BCUT2D eigenvalue weighted by Crippen LogP contribution is -2.43. The molecule has 9 nitrogen and oxygen atoms in total. The van der Waals surface area contributed by atoms with Crippen LogP contribution in [0.2, 0.25) is 0 Å². The summed E-state index contributed by atoms with van der Waals surface area (Å²) in [5, 5.41) is 10.4. The molecule has 2 atom stereocenters. The van der Waals surface area contributed by atoms with Crippen LogP contribution >= 0.6 is 0 Å². The average Bonchev–Trinajstić information content (AvgIpc) is 2.97. The summed E-state index contributed by atoms with van der Waals surface area (Å²) in [6, 6.07) is 0.181. The van der Waals surface area contributed by atoms with Gasteiger partial charge in [-0.2, -0.15) is 10.1 Å².